The van der Waals surface area contributed by atoms with Crippen molar-refractivity contribution in [1.82, 2.24) is 0 Å². The lowest BCUT2D eigenvalue weighted by Gasteiger charge is -2.18. The number of hydrogen-bond donors (Lipinski definition) is 0. The van der Waals surface area contributed by atoms with Gasteiger partial charge in [0, 0.05) is 19.3 Å². The van der Waals surface area contributed by atoms with E-state index >= 15 is 0 Å². The van der Waals surface area contributed by atoms with Gasteiger partial charge in [-0.05, 0) is 89.9 Å². The van der Waals surface area contributed by atoms with Crippen LogP contribution in [0.4, 0.5) is 0 Å². The second-order valence-electron chi connectivity index (χ2n) is 18.3. The summed E-state index contributed by atoms with van der Waals surface area (Å²) >= 11 is 0. The first-order valence-electron chi connectivity index (χ1n) is 28.0. The standard InChI is InChI=1S/C62H102O6/c1-4-7-10-13-16-19-22-25-28-30-32-34-37-40-43-46-49-52-55-61(64)67-58-59(57-66-60(63)54-51-48-45-42-39-36-27-24-21-18-15-12-9-6-3)68-62(65)56-53-50-47-44-41-38-35-33-31-29-26-23-20-17-14-11-8-5-2/h9-10,12-13,16,18-19,21-22,25,28-35,59H,4-8,11,14-15,17,20,23-24,26-27,36-58H2,1-3H3/b12-9-,13-10-,19-16-,21-18-,25-22-,30-28-,31-29-,34-32-,35-33-. The molecule has 0 saturated carbocycles. The Morgan fingerprint density at radius 1 is 0.324 bits per heavy atom. The van der Waals surface area contributed by atoms with Gasteiger partial charge in [0.2, 0.25) is 0 Å². The molecule has 0 aromatic heterocycles. The molecule has 0 radical (unpaired) electrons. The number of carbonyl (C=O) groups is 3. The average molecular weight is 943 g/mol. The lowest BCUT2D eigenvalue weighted by Crippen LogP contribution is -2.30. The summed E-state index contributed by atoms with van der Waals surface area (Å²) in [7, 11) is 0. The topological polar surface area (TPSA) is 78.9 Å². The zero-order valence-electron chi connectivity index (χ0n) is 44.1. The Balaban J connectivity index is 4.49. The average Bonchev–Trinajstić information content (AvgIpc) is 3.34. The van der Waals surface area contributed by atoms with Gasteiger partial charge in [0.1, 0.15) is 13.2 Å². The molecule has 0 aliphatic rings. The number of hydrogen-bond acceptors (Lipinski definition) is 6. The molecule has 0 saturated heterocycles. The van der Waals surface area contributed by atoms with Crippen molar-refractivity contribution >= 4 is 17.9 Å². The third-order valence-electron chi connectivity index (χ3n) is 11.6. The molecule has 0 aromatic carbocycles. The molecular weight excluding hydrogens is 841 g/mol. The van der Waals surface area contributed by atoms with Crippen molar-refractivity contribution in [3.05, 3.63) is 109 Å². The summed E-state index contributed by atoms with van der Waals surface area (Å²) in [5.74, 6) is -0.948. The summed E-state index contributed by atoms with van der Waals surface area (Å²) in [5.41, 5.74) is 0. The molecule has 0 aliphatic heterocycles. The minimum Gasteiger partial charge on any atom is -0.462 e. The number of allylic oxidation sites excluding steroid dienone is 18. The minimum atomic E-state index is -0.803. The summed E-state index contributed by atoms with van der Waals surface area (Å²) in [6, 6.07) is 0. The molecule has 0 amide bonds. The smallest absolute Gasteiger partial charge is 0.306 e. The van der Waals surface area contributed by atoms with Gasteiger partial charge in [-0.25, -0.2) is 0 Å². The van der Waals surface area contributed by atoms with E-state index in [1.807, 2.05) is 24.3 Å². The fourth-order valence-corrected chi connectivity index (χ4v) is 7.44. The maximum absolute atomic E-state index is 12.8. The van der Waals surface area contributed by atoms with E-state index in [9.17, 15) is 14.4 Å². The summed E-state index contributed by atoms with van der Waals surface area (Å²) in [5, 5.41) is 0. The van der Waals surface area contributed by atoms with Gasteiger partial charge in [-0.1, -0.05) is 246 Å². The van der Waals surface area contributed by atoms with Gasteiger partial charge in [0.25, 0.3) is 0 Å². The lowest BCUT2D eigenvalue weighted by atomic mass is 10.1. The fourth-order valence-electron chi connectivity index (χ4n) is 7.44. The Morgan fingerprint density at radius 2 is 0.662 bits per heavy atom. The minimum absolute atomic E-state index is 0.0989. The van der Waals surface area contributed by atoms with E-state index in [0.29, 0.717) is 19.3 Å². The van der Waals surface area contributed by atoms with Gasteiger partial charge in [0.15, 0.2) is 6.10 Å². The van der Waals surface area contributed by atoms with Crippen LogP contribution in [0, 0.1) is 0 Å². The molecule has 68 heavy (non-hydrogen) atoms. The van der Waals surface area contributed by atoms with E-state index in [4.69, 9.17) is 14.2 Å². The van der Waals surface area contributed by atoms with Crippen LogP contribution in [-0.2, 0) is 28.6 Å². The zero-order valence-corrected chi connectivity index (χ0v) is 44.1. The summed E-state index contributed by atoms with van der Waals surface area (Å²) in [6.45, 7) is 6.40. The number of esters is 3. The molecule has 0 bridgehead atoms. The third kappa shape index (κ3) is 53.0. The van der Waals surface area contributed by atoms with Crippen LogP contribution in [0.25, 0.3) is 0 Å². The highest BCUT2D eigenvalue weighted by atomic mass is 16.6. The molecule has 1 atom stereocenters. The number of ether oxygens (including phenoxy) is 3. The first-order valence-corrected chi connectivity index (χ1v) is 28.0. The lowest BCUT2D eigenvalue weighted by molar-refractivity contribution is -0.167. The number of carbonyl (C=O) groups excluding carboxylic acids is 3. The zero-order chi connectivity index (χ0) is 49.3. The Hall–Kier alpha value is -3.93. The van der Waals surface area contributed by atoms with E-state index in [0.717, 1.165) is 122 Å². The molecule has 6 nitrogen and oxygen atoms in total. The summed E-state index contributed by atoms with van der Waals surface area (Å²) in [4.78, 5) is 38.1. The second-order valence-corrected chi connectivity index (χ2v) is 18.3. The van der Waals surface area contributed by atoms with Crippen molar-refractivity contribution in [1.29, 1.82) is 0 Å². The van der Waals surface area contributed by atoms with E-state index in [2.05, 4.69) is 106 Å². The molecule has 386 valence electrons. The molecule has 0 rings (SSSR count). The monoisotopic (exact) mass is 943 g/mol. The molecular formula is C62H102O6. The van der Waals surface area contributed by atoms with Crippen LogP contribution in [0.3, 0.4) is 0 Å². The largest absolute Gasteiger partial charge is 0.462 e. The molecule has 0 aliphatic carbocycles. The molecule has 0 heterocycles. The molecule has 6 heteroatoms. The predicted molar refractivity (Wildman–Crippen MR) is 293 cm³/mol. The maximum atomic E-state index is 12.8. The molecule has 0 spiro atoms. The quantitative estimate of drug-likeness (QED) is 0.0199. The molecule has 1 unspecified atom stereocenters. The Bertz CT molecular complexity index is 1410. The highest BCUT2D eigenvalue weighted by Gasteiger charge is 2.19. The van der Waals surface area contributed by atoms with Gasteiger partial charge >= 0.3 is 17.9 Å². The van der Waals surface area contributed by atoms with Crippen LogP contribution in [0.1, 0.15) is 245 Å². The van der Waals surface area contributed by atoms with E-state index in [-0.39, 0.29) is 31.1 Å². The van der Waals surface area contributed by atoms with Gasteiger partial charge < -0.3 is 14.2 Å². The Kier molecular flexibility index (Phi) is 52.4. The van der Waals surface area contributed by atoms with Crippen molar-refractivity contribution in [3.63, 3.8) is 0 Å². The van der Waals surface area contributed by atoms with Crippen molar-refractivity contribution in [3.8, 4) is 0 Å². The van der Waals surface area contributed by atoms with Gasteiger partial charge in [-0.15, -0.1) is 0 Å². The van der Waals surface area contributed by atoms with Crippen molar-refractivity contribution < 1.29 is 28.6 Å². The SMILES string of the molecule is CC/C=C\C/C=C\CCCCCCCCCC(=O)OCC(COC(=O)CCCCCCC\C=C/C=C\C=C/C=C\C=C/CCC)OC(=O)CCCCCCC/C=C\C=C/CCCCCCCCC. The normalized spacial score (nSPS) is 12.9. The molecule has 0 N–H and O–H groups in total. The first kappa shape index (κ1) is 64.1. The van der Waals surface area contributed by atoms with Gasteiger partial charge in [0.05, 0.1) is 0 Å². The highest BCUT2D eigenvalue weighted by Crippen LogP contribution is 2.14. The fraction of sp³-hybridized carbons (Fsp3) is 0.661. The van der Waals surface area contributed by atoms with Crippen LogP contribution in [0.2, 0.25) is 0 Å². The number of unbranched alkanes of at least 4 members (excludes halogenated alkanes) is 25. The third-order valence-corrected chi connectivity index (χ3v) is 11.6. The maximum Gasteiger partial charge on any atom is 0.306 e. The van der Waals surface area contributed by atoms with E-state index < -0.39 is 6.10 Å². The summed E-state index contributed by atoms with van der Waals surface area (Å²) < 4.78 is 16.8. The van der Waals surface area contributed by atoms with Crippen LogP contribution < -0.4 is 0 Å². The second kappa shape index (κ2) is 55.7. The van der Waals surface area contributed by atoms with Gasteiger partial charge in [-0.3, -0.25) is 14.4 Å². The van der Waals surface area contributed by atoms with Crippen LogP contribution >= 0.6 is 0 Å². The molecule has 0 aromatic rings. The number of rotatable bonds is 49. The highest BCUT2D eigenvalue weighted by molar-refractivity contribution is 5.71. The Labute approximate surface area is 419 Å². The van der Waals surface area contributed by atoms with Crippen molar-refractivity contribution in [2.24, 2.45) is 0 Å². The van der Waals surface area contributed by atoms with Gasteiger partial charge in [-0.2, -0.15) is 0 Å². The van der Waals surface area contributed by atoms with E-state index in [1.165, 1.54) is 83.5 Å². The predicted octanol–water partition coefficient (Wildman–Crippen LogP) is 18.7. The first-order chi connectivity index (χ1) is 33.5. The molecule has 0 fully saturated rings. The van der Waals surface area contributed by atoms with Crippen LogP contribution in [-0.4, -0.2) is 37.2 Å². The van der Waals surface area contributed by atoms with Crippen molar-refractivity contribution in [2.75, 3.05) is 13.2 Å². The summed E-state index contributed by atoms with van der Waals surface area (Å²) in [6.07, 6.45) is 74.9. The van der Waals surface area contributed by atoms with E-state index in [1.54, 1.807) is 0 Å². The van der Waals surface area contributed by atoms with Crippen LogP contribution in [0.15, 0.2) is 109 Å². The Morgan fingerprint density at radius 3 is 1.09 bits per heavy atom. The van der Waals surface area contributed by atoms with Crippen LogP contribution in [0.5, 0.6) is 0 Å². The van der Waals surface area contributed by atoms with Crippen molar-refractivity contribution in [2.45, 2.75) is 252 Å².